The molecule has 196 valence electrons. The number of nitrogens with one attached hydrogen (secondary N) is 2. The number of rotatable bonds is 7. The van der Waals surface area contributed by atoms with Crippen molar-refractivity contribution in [2.75, 3.05) is 71.4 Å². The minimum atomic E-state index is -4.78. The molecule has 0 radical (unpaired) electrons. The molecule has 1 aromatic carbocycles. The molecule has 3 aliphatic rings. The van der Waals surface area contributed by atoms with Gasteiger partial charge in [0, 0.05) is 51.9 Å². The predicted octanol–water partition coefficient (Wildman–Crippen LogP) is 1.58. The summed E-state index contributed by atoms with van der Waals surface area (Å²) in [7, 11) is 2.00. The van der Waals surface area contributed by atoms with Gasteiger partial charge in [0.15, 0.2) is 11.6 Å². The molecule has 2 aromatic rings. The number of aromatic nitrogens is 3. The van der Waals surface area contributed by atoms with E-state index in [1.165, 1.54) is 18.2 Å². The van der Waals surface area contributed by atoms with E-state index in [-0.39, 0.29) is 11.9 Å². The van der Waals surface area contributed by atoms with Gasteiger partial charge in [-0.2, -0.15) is 0 Å². The number of benzene rings is 1. The zero-order valence-electron chi connectivity index (χ0n) is 20.4. The van der Waals surface area contributed by atoms with Crippen LogP contribution < -0.4 is 15.5 Å². The summed E-state index contributed by atoms with van der Waals surface area (Å²) in [5.74, 6) is 1.13. The van der Waals surface area contributed by atoms with Crippen molar-refractivity contribution in [2.24, 2.45) is 0 Å². The minimum Gasteiger partial charge on any atom is -0.486 e. The quantitative estimate of drug-likeness (QED) is 0.579. The molecule has 3 aliphatic heterocycles. The van der Waals surface area contributed by atoms with E-state index in [0.29, 0.717) is 29.6 Å². The van der Waals surface area contributed by atoms with Crippen molar-refractivity contribution in [2.45, 2.75) is 19.5 Å². The molecular formula is C23H31F3N8O2. The van der Waals surface area contributed by atoms with E-state index >= 15 is 0 Å². The lowest BCUT2D eigenvalue weighted by atomic mass is 10.1. The molecule has 36 heavy (non-hydrogen) atoms. The Hall–Kier alpha value is -3.03. The normalized spacial score (nSPS) is 21.0. The fourth-order valence-corrected chi connectivity index (χ4v) is 4.78. The number of piperazine rings is 1. The number of halogens is 3. The van der Waals surface area contributed by atoms with Crippen LogP contribution in [0.3, 0.4) is 0 Å². The fourth-order valence-electron chi connectivity index (χ4n) is 4.78. The van der Waals surface area contributed by atoms with Gasteiger partial charge >= 0.3 is 6.36 Å². The largest absolute Gasteiger partial charge is 0.573 e. The van der Waals surface area contributed by atoms with Crippen LogP contribution in [0, 0.1) is 0 Å². The zero-order valence-corrected chi connectivity index (χ0v) is 20.4. The Bertz CT molecular complexity index is 1100. The number of fused-ring (bicyclic) bond motifs is 2. The lowest BCUT2D eigenvalue weighted by molar-refractivity contribution is -0.274. The summed E-state index contributed by atoms with van der Waals surface area (Å²) < 4.78 is 50.0. The summed E-state index contributed by atoms with van der Waals surface area (Å²) in [6, 6.07) is 5.70. The molecule has 0 bridgehead atoms. The third-order valence-electron chi connectivity index (χ3n) is 6.73. The highest BCUT2D eigenvalue weighted by molar-refractivity contribution is 5.67. The Balaban J connectivity index is 1.36. The van der Waals surface area contributed by atoms with E-state index in [2.05, 4.69) is 47.3 Å². The summed E-state index contributed by atoms with van der Waals surface area (Å²) >= 11 is 0. The van der Waals surface area contributed by atoms with Crippen LogP contribution in [0.1, 0.15) is 12.7 Å². The van der Waals surface area contributed by atoms with Crippen LogP contribution in [0.2, 0.25) is 0 Å². The maximum absolute atomic E-state index is 12.7. The summed E-state index contributed by atoms with van der Waals surface area (Å²) in [4.78, 5) is 7.02. The minimum absolute atomic E-state index is 0.293. The molecule has 13 heteroatoms. The summed E-state index contributed by atoms with van der Waals surface area (Å²) in [5, 5.41) is 12.1. The van der Waals surface area contributed by atoms with Gasteiger partial charge in [-0.15, -0.1) is 23.4 Å². The van der Waals surface area contributed by atoms with E-state index in [0.717, 1.165) is 58.1 Å². The van der Waals surface area contributed by atoms with Gasteiger partial charge < -0.3 is 19.3 Å². The third kappa shape index (κ3) is 5.22. The van der Waals surface area contributed by atoms with Crippen LogP contribution in [-0.2, 0) is 4.74 Å². The van der Waals surface area contributed by atoms with Gasteiger partial charge in [0.2, 0.25) is 5.82 Å². The van der Waals surface area contributed by atoms with E-state index in [9.17, 15) is 13.2 Å². The highest BCUT2D eigenvalue weighted by Gasteiger charge is 2.36. The summed E-state index contributed by atoms with van der Waals surface area (Å²) in [6.45, 7) is 10.4. The topological polar surface area (TPSA) is 83.0 Å². The Kier molecular flexibility index (Phi) is 6.95. The van der Waals surface area contributed by atoms with Crippen molar-refractivity contribution < 1.29 is 22.6 Å². The maximum atomic E-state index is 12.7. The predicted molar refractivity (Wildman–Crippen MR) is 127 cm³/mol. The first kappa shape index (κ1) is 24.7. The highest BCUT2D eigenvalue weighted by Crippen LogP contribution is 2.33. The summed E-state index contributed by atoms with van der Waals surface area (Å²) in [5.41, 5.74) is 4.77. The molecule has 10 nitrogen and oxygen atoms in total. The SMILES string of the molecule is CCN1CCN(CCNC2Nn3c(nnc3-c3cccc(OC(F)(F)F)c3)C3=C2N(C)CCO3)CC1. The Morgan fingerprint density at radius 1 is 1.11 bits per heavy atom. The van der Waals surface area contributed by atoms with Gasteiger partial charge in [-0.1, -0.05) is 19.1 Å². The van der Waals surface area contributed by atoms with E-state index in [1.54, 1.807) is 10.7 Å². The second-order valence-corrected chi connectivity index (χ2v) is 9.03. The van der Waals surface area contributed by atoms with Crippen molar-refractivity contribution >= 4 is 5.76 Å². The first-order valence-electron chi connectivity index (χ1n) is 12.2. The molecule has 1 unspecified atom stereocenters. The number of hydrogen-bond acceptors (Lipinski definition) is 9. The summed E-state index contributed by atoms with van der Waals surface area (Å²) in [6.07, 6.45) is -5.07. The van der Waals surface area contributed by atoms with Gasteiger partial charge in [-0.05, 0) is 18.7 Å². The number of likely N-dealkylation sites (N-methyl/N-ethyl adjacent to an activating group) is 2. The van der Waals surface area contributed by atoms with E-state index < -0.39 is 6.36 Å². The molecule has 1 saturated heterocycles. The van der Waals surface area contributed by atoms with Crippen molar-refractivity contribution in [3.05, 3.63) is 35.8 Å². The van der Waals surface area contributed by atoms with E-state index in [1.807, 2.05) is 7.05 Å². The van der Waals surface area contributed by atoms with Crippen molar-refractivity contribution in [1.82, 2.24) is 34.9 Å². The van der Waals surface area contributed by atoms with Gasteiger partial charge in [-0.3, -0.25) is 15.6 Å². The lowest BCUT2D eigenvalue weighted by Gasteiger charge is -2.39. The molecule has 0 aliphatic carbocycles. The molecule has 5 rings (SSSR count). The second-order valence-electron chi connectivity index (χ2n) is 9.03. The van der Waals surface area contributed by atoms with Crippen LogP contribution in [0.4, 0.5) is 13.2 Å². The fraction of sp³-hybridized carbons (Fsp3) is 0.565. The number of hydrogen-bond donors (Lipinski definition) is 2. The van der Waals surface area contributed by atoms with E-state index in [4.69, 9.17) is 4.74 Å². The molecule has 0 amide bonds. The monoisotopic (exact) mass is 508 g/mol. The van der Waals surface area contributed by atoms with Crippen LogP contribution in [0.5, 0.6) is 5.75 Å². The molecule has 0 saturated carbocycles. The average Bonchev–Trinajstić information content (AvgIpc) is 3.28. The van der Waals surface area contributed by atoms with Crippen LogP contribution in [-0.4, -0.2) is 108 Å². The zero-order chi connectivity index (χ0) is 25.3. The first-order valence-corrected chi connectivity index (χ1v) is 12.2. The van der Waals surface area contributed by atoms with Crippen LogP contribution in [0.25, 0.3) is 17.1 Å². The van der Waals surface area contributed by atoms with Gasteiger partial charge in [0.25, 0.3) is 0 Å². The molecule has 4 heterocycles. The first-order chi connectivity index (χ1) is 17.3. The molecule has 1 aromatic heterocycles. The molecule has 0 spiro atoms. The van der Waals surface area contributed by atoms with Gasteiger partial charge in [0.1, 0.15) is 18.5 Å². The molecular weight excluding hydrogens is 477 g/mol. The lowest BCUT2D eigenvalue weighted by Crippen LogP contribution is -2.54. The number of alkyl halides is 3. The van der Waals surface area contributed by atoms with Crippen LogP contribution >= 0.6 is 0 Å². The Morgan fingerprint density at radius 3 is 2.61 bits per heavy atom. The Labute approximate surface area is 207 Å². The van der Waals surface area contributed by atoms with Gasteiger partial charge in [-0.25, -0.2) is 4.68 Å². The average molecular weight is 509 g/mol. The van der Waals surface area contributed by atoms with Crippen molar-refractivity contribution in [1.29, 1.82) is 0 Å². The van der Waals surface area contributed by atoms with Crippen LogP contribution in [0.15, 0.2) is 30.0 Å². The number of nitrogens with zero attached hydrogens (tertiary/aromatic N) is 6. The molecule has 1 atom stereocenters. The number of ether oxygens (including phenoxy) is 2. The second kappa shape index (κ2) is 10.1. The van der Waals surface area contributed by atoms with Gasteiger partial charge in [0.05, 0.1) is 12.2 Å². The smallest absolute Gasteiger partial charge is 0.486 e. The highest BCUT2D eigenvalue weighted by atomic mass is 19.4. The van der Waals surface area contributed by atoms with Crippen molar-refractivity contribution in [3.8, 4) is 17.1 Å². The molecule has 1 fully saturated rings. The molecule has 2 N–H and O–H groups in total. The van der Waals surface area contributed by atoms with Crippen molar-refractivity contribution in [3.63, 3.8) is 0 Å². The Morgan fingerprint density at radius 2 is 1.86 bits per heavy atom. The maximum Gasteiger partial charge on any atom is 0.573 e. The standard InChI is InChI=1S/C23H31F3N8O2/c1-3-32-9-11-33(12-10-32)8-7-27-20-18-19(35-14-13-31(18)2)22-29-28-21(34(22)30-20)16-5-4-6-17(15-16)36-23(24,25)26/h4-6,15,20,27,30H,3,7-14H2,1-2H3. The third-order valence-corrected chi connectivity index (χ3v) is 6.73.